The van der Waals surface area contributed by atoms with Gasteiger partial charge in [-0.05, 0) is 51.0 Å². The van der Waals surface area contributed by atoms with Crippen LogP contribution in [-0.2, 0) is 0 Å². The molecular weight excluding hydrogens is 306 g/mol. The van der Waals surface area contributed by atoms with E-state index in [0.717, 1.165) is 11.1 Å². The molecule has 7 heteroatoms. The zero-order valence-corrected chi connectivity index (χ0v) is 14.3. The number of benzene rings is 1. The quantitative estimate of drug-likeness (QED) is 0.676. The Morgan fingerprint density at radius 1 is 1.12 bits per heavy atom. The van der Waals surface area contributed by atoms with Crippen molar-refractivity contribution in [3.63, 3.8) is 0 Å². The molecule has 2 amide bonds. The van der Waals surface area contributed by atoms with Gasteiger partial charge in [-0.2, -0.15) is 4.98 Å². The Kier molecular flexibility index (Phi) is 5.70. The summed E-state index contributed by atoms with van der Waals surface area (Å²) in [4.78, 5) is 20.5. The molecule has 0 aliphatic rings. The van der Waals surface area contributed by atoms with Crippen LogP contribution in [0, 0.1) is 20.8 Å². The number of nitrogens with one attached hydrogen (secondary N) is 3. The number of amides is 2. The Balaban J connectivity index is 2.03. The van der Waals surface area contributed by atoms with Gasteiger partial charge in [0.2, 0.25) is 5.95 Å². The molecule has 7 nitrogen and oxygen atoms in total. The average molecular weight is 329 g/mol. The Morgan fingerprint density at radius 2 is 1.88 bits per heavy atom. The van der Waals surface area contributed by atoms with Gasteiger partial charge in [0.1, 0.15) is 5.82 Å². The lowest BCUT2D eigenvalue weighted by Crippen LogP contribution is -2.22. The SMILES string of the molecule is Cc1cc(NCC(C)O)nc(NC(=O)Nc2ccc(C)c(C)c2)n1. The van der Waals surface area contributed by atoms with Crippen LogP contribution in [0.4, 0.5) is 22.2 Å². The van der Waals surface area contributed by atoms with E-state index < -0.39 is 12.1 Å². The summed E-state index contributed by atoms with van der Waals surface area (Å²) in [5, 5.41) is 17.7. The van der Waals surface area contributed by atoms with Gasteiger partial charge < -0.3 is 15.7 Å². The van der Waals surface area contributed by atoms with E-state index in [1.54, 1.807) is 13.0 Å². The number of anilines is 3. The highest BCUT2D eigenvalue weighted by atomic mass is 16.3. The number of aromatic nitrogens is 2. The van der Waals surface area contributed by atoms with Crippen LogP contribution in [-0.4, -0.2) is 33.8 Å². The minimum atomic E-state index is -0.496. The molecule has 0 radical (unpaired) electrons. The summed E-state index contributed by atoms with van der Waals surface area (Å²) in [6, 6.07) is 7.03. The highest BCUT2D eigenvalue weighted by Gasteiger charge is 2.08. The smallest absolute Gasteiger partial charge is 0.326 e. The fraction of sp³-hybridized carbons (Fsp3) is 0.353. The van der Waals surface area contributed by atoms with Gasteiger partial charge in [0.25, 0.3) is 0 Å². The van der Waals surface area contributed by atoms with Crippen LogP contribution in [0.1, 0.15) is 23.7 Å². The van der Waals surface area contributed by atoms with Gasteiger partial charge in [0, 0.05) is 24.0 Å². The van der Waals surface area contributed by atoms with E-state index in [-0.39, 0.29) is 5.95 Å². The maximum atomic E-state index is 12.1. The number of aliphatic hydroxyl groups is 1. The van der Waals surface area contributed by atoms with Gasteiger partial charge in [-0.15, -0.1) is 0 Å². The summed E-state index contributed by atoms with van der Waals surface area (Å²) in [6.07, 6.45) is -0.496. The summed E-state index contributed by atoms with van der Waals surface area (Å²) in [7, 11) is 0. The average Bonchev–Trinajstić information content (AvgIpc) is 2.48. The van der Waals surface area contributed by atoms with E-state index in [2.05, 4.69) is 25.9 Å². The highest BCUT2D eigenvalue weighted by Crippen LogP contribution is 2.15. The molecule has 1 unspecified atom stereocenters. The molecule has 4 N–H and O–H groups in total. The molecule has 0 bridgehead atoms. The summed E-state index contributed by atoms with van der Waals surface area (Å²) >= 11 is 0. The molecule has 1 heterocycles. The lowest BCUT2D eigenvalue weighted by Gasteiger charge is -2.11. The molecule has 0 spiro atoms. The van der Waals surface area contributed by atoms with Crippen LogP contribution < -0.4 is 16.0 Å². The summed E-state index contributed by atoms with van der Waals surface area (Å²) in [5.74, 6) is 0.745. The van der Waals surface area contributed by atoms with Crippen molar-refractivity contribution in [1.29, 1.82) is 0 Å². The predicted molar refractivity (Wildman–Crippen MR) is 95.5 cm³/mol. The van der Waals surface area contributed by atoms with E-state index in [1.165, 1.54) is 0 Å². The van der Waals surface area contributed by atoms with Gasteiger partial charge in [0.15, 0.2) is 0 Å². The van der Waals surface area contributed by atoms with Crippen molar-refractivity contribution in [3.05, 3.63) is 41.1 Å². The van der Waals surface area contributed by atoms with Gasteiger partial charge in [-0.1, -0.05) is 6.07 Å². The lowest BCUT2D eigenvalue weighted by molar-refractivity contribution is 0.208. The standard InChI is InChI=1S/C17H23N5O2/c1-10-5-6-14(7-11(10)2)20-17(24)22-16-19-12(3)8-15(21-16)18-9-13(4)23/h5-8,13,23H,9H2,1-4H3,(H3,18,19,20,21,22,24). The molecule has 0 saturated carbocycles. The van der Waals surface area contributed by atoms with E-state index in [9.17, 15) is 9.90 Å². The third-order valence-corrected chi connectivity index (χ3v) is 3.42. The molecule has 0 aliphatic heterocycles. The molecule has 0 saturated heterocycles. The number of carbonyl (C=O) groups excluding carboxylic acids is 1. The number of urea groups is 1. The third-order valence-electron chi connectivity index (χ3n) is 3.42. The largest absolute Gasteiger partial charge is 0.392 e. The predicted octanol–water partition coefficient (Wildman–Crippen LogP) is 2.84. The number of carbonyl (C=O) groups is 1. The second kappa shape index (κ2) is 7.74. The zero-order chi connectivity index (χ0) is 17.7. The van der Waals surface area contributed by atoms with E-state index in [0.29, 0.717) is 23.7 Å². The molecule has 24 heavy (non-hydrogen) atoms. The van der Waals surface area contributed by atoms with Crippen molar-refractivity contribution in [1.82, 2.24) is 9.97 Å². The number of aliphatic hydroxyl groups excluding tert-OH is 1. The van der Waals surface area contributed by atoms with Crippen molar-refractivity contribution < 1.29 is 9.90 Å². The first kappa shape index (κ1) is 17.7. The second-order valence-corrected chi connectivity index (χ2v) is 5.83. The number of hydrogen-bond acceptors (Lipinski definition) is 5. The fourth-order valence-electron chi connectivity index (χ4n) is 2.05. The van der Waals surface area contributed by atoms with Gasteiger partial charge in [0.05, 0.1) is 6.10 Å². The van der Waals surface area contributed by atoms with Crippen LogP contribution in [0.5, 0.6) is 0 Å². The van der Waals surface area contributed by atoms with Crippen molar-refractivity contribution in [2.24, 2.45) is 0 Å². The Morgan fingerprint density at radius 3 is 2.54 bits per heavy atom. The maximum Gasteiger partial charge on any atom is 0.326 e. The van der Waals surface area contributed by atoms with Crippen molar-refractivity contribution in [3.8, 4) is 0 Å². The van der Waals surface area contributed by atoms with Crippen molar-refractivity contribution in [2.75, 3.05) is 22.5 Å². The first-order valence-electron chi connectivity index (χ1n) is 7.76. The van der Waals surface area contributed by atoms with Crippen molar-refractivity contribution >= 4 is 23.5 Å². The summed E-state index contributed by atoms with van der Waals surface area (Å²) in [6.45, 7) is 7.85. The first-order chi connectivity index (χ1) is 11.3. The molecule has 1 aromatic heterocycles. The Bertz CT molecular complexity index is 731. The van der Waals surface area contributed by atoms with Crippen molar-refractivity contribution in [2.45, 2.75) is 33.8 Å². The van der Waals surface area contributed by atoms with Gasteiger partial charge in [-0.25, -0.2) is 9.78 Å². The van der Waals surface area contributed by atoms with E-state index in [4.69, 9.17) is 0 Å². The van der Waals surface area contributed by atoms with Crippen LogP contribution in [0.15, 0.2) is 24.3 Å². The number of aryl methyl sites for hydroxylation is 3. The Labute approximate surface area is 141 Å². The first-order valence-corrected chi connectivity index (χ1v) is 7.76. The topological polar surface area (TPSA) is 99.2 Å². The molecule has 0 fully saturated rings. The minimum Gasteiger partial charge on any atom is -0.392 e. The molecule has 0 aliphatic carbocycles. The minimum absolute atomic E-state index is 0.199. The third kappa shape index (κ3) is 5.20. The van der Waals surface area contributed by atoms with E-state index >= 15 is 0 Å². The fourth-order valence-corrected chi connectivity index (χ4v) is 2.05. The summed E-state index contributed by atoms with van der Waals surface area (Å²) in [5.41, 5.74) is 3.68. The maximum absolute atomic E-state index is 12.1. The molecule has 1 atom stereocenters. The zero-order valence-electron chi connectivity index (χ0n) is 14.3. The summed E-state index contributed by atoms with van der Waals surface area (Å²) < 4.78 is 0. The van der Waals surface area contributed by atoms with Gasteiger partial charge >= 0.3 is 6.03 Å². The number of rotatable bonds is 5. The lowest BCUT2D eigenvalue weighted by atomic mass is 10.1. The molecule has 128 valence electrons. The van der Waals surface area contributed by atoms with Crippen LogP contribution in [0.2, 0.25) is 0 Å². The molecule has 2 aromatic rings. The normalized spacial score (nSPS) is 11.7. The Hall–Kier alpha value is -2.67. The van der Waals surface area contributed by atoms with Gasteiger partial charge in [-0.3, -0.25) is 5.32 Å². The highest BCUT2D eigenvalue weighted by molar-refractivity contribution is 5.98. The molecule has 1 aromatic carbocycles. The van der Waals surface area contributed by atoms with Crippen LogP contribution >= 0.6 is 0 Å². The molecule has 2 rings (SSSR count). The molecular formula is C17H23N5O2. The number of nitrogens with zero attached hydrogens (tertiary/aromatic N) is 2. The van der Waals surface area contributed by atoms with Crippen LogP contribution in [0.3, 0.4) is 0 Å². The monoisotopic (exact) mass is 329 g/mol. The van der Waals surface area contributed by atoms with E-state index in [1.807, 2.05) is 39.0 Å². The van der Waals surface area contributed by atoms with Crippen LogP contribution in [0.25, 0.3) is 0 Å². The number of hydrogen-bond donors (Lipinski definition) is 4. The second-order valence-electron chi connectivity index (χ2n) is 5.83.